The minimum Gasteiger partial charge on any atom is -0.394 e. The minimum absolute atomic E-state index is 0.0329. The van der Waals surface area contributed by atoms with Gasteiger partial charge in [-0.25, -0.2) is 4.79 Å². The number of nitrogens with two attached hydrogens (primary N) is 1. The van der Waals surface area contributed by atoms with Crippen molar-refractivity contribution in [1.82, 2.24) is 9.55 Å². The number of hydrogen-bond acceptors (Lipinski definition) is 5. The summed E-state index contributed by atoms with van der Waals surface area (Å²) in [6.45, 7) is -0.0329. The molecule has 88 valence electrons. The molecule has 2 unspecified atom stereocenters. The van der Waals surface area contributed by atoms with Crippen molar-refractivity contribution < 1.29 is 9.84 Å². The largest absolute Gasteiger partial charge is 0.394 e. The van der Waals surface area contributed by atoms with Gasteiger partial charge in [0.25, 0.3) is 0 Å². The lowest BCUT2D eigenvalue weighted by Gasteiger charge is -2.15. The number of ether oxygens (including phenoxy) is 1. The normalized spacial score (nSPS) is 24.9. The number of nitrogen functional groups attached to an aromatic ring is 1. The summed E-state index contributed by atoms with van der Waals surface area (Å²) in [4.78, 5) is 15.2. The van der Waals surface area contributed by atoms with Crippen LogP contribution in [0, 0.1) is 0 Å². The van der Waals surface area contributed by atoms with Crippen molar-refractivity contribution in [2.75, 3.05) is 12.3 Å². The first-order valence-electron chi connectivity index (χ1n) is 4.92. The Kier molecular flexibility index (Phi) is 3.27. The van der Waals surface area contributed by atoms with Crippen LogP contribution in [0.4, 0.5) is 5.82 Å². The molecule has 1 saturated heterocycles. The van der Waals surface area contributed by atoms with Gasteiger partial charge in [0.05, 0.1) is 17.2 Å². The predicted octanol–water partition coefficient (Wildman–Crippen LogP) is 0.258. The molecule has 0 aromatic carbocycles. The van der Waals surface area contributed by atoms with Crippen LogP contribution in [0.5, 0.6) is 0 Å². The van der Waals surface area contributed by atoms with Gasteiger partial charge in [-0.15, -0.1) is 0 Å². The second-order valence-electron chi connectivity index (χ2n) is 3.64. The number of anilines is 1. The summed E-state index contributed by atoms with van der Waals surface area (Å²) in [7, 11) is 0. The molecule has 16 heavy (non-hydrogen) atoms. The lowest BCUT2D eigenvalue weighted by molar-refractivity contribution is -0.0246. The maximum atomic E-state index is 11.6. The number of aliphatic hydroxyl groups is 1. The van der Waals surface area contributed by atoms with Gasteiger partial charge in [0.1, 0.15) is 12.0 Å². The molecule has 2 atom stereocenters. The van der Waals surface area contributed by atoms with Crippen LogP contribution in [0.15, 0.2) is 15.5 Å². The molecule has 1 aromatic heterocycles. The van der Waals surface area contributed by atoms with E-state index in [-0.39, 0.29) is 24.8 Å². The van der Waals surface area contributed by atoms with Gasteiger partial charge in [-0.3, -0.25) is 4.57 Å². The Labute approximate surface area is 100 Å². The highest BCUT2D eigenvalue weighted by molar-refractivity contribution is 9.10. The zero-order valence-corrected chi connectivity index (χ0v) is 10.1. The predicted molar refractivity (Wildman–Crippen MR) is 60.8 cm³/mol. The molecule has 1 aliphatic heterocycles. The first-order chi connectivity index (χ1) is 7.61. The summed E-state index contributed by atoms with van der Waals surface area (Å²) in [5, 5.41) is 8.94. The van der Waals surface area contributed by atoms with Crippen LogP contribution in [0.2, 0.25) is 0 Å². The SMILES string of the molecule is Nc1nc(=O)n(C2CCC(CO)O2)cc1Br. The van der Waals surface area contributed by atoms with Crippen LogP contribution >= 0.6 is 15.9 Å². The summed E-state index contributed by atoms with van der Waals surface area (Å²) in [6, 6.07) is 0. The number of aliphatic hydroxyl groups excluding tert-OH is 1. The number of halogens is 1. The van der Waals surface area contributed by atoms with E-state index < -0.39 is 5.69 Å². The van der Waals surface area contributed by atoms with Crippen LogP contribution in [0.1, 0.15) is 19.1 Å². The Bertz CT molecular complexity index is 448. The molecule has 2 rings (SSSR count). The first kappa shape index (κ1) is 11.6. The van der Waals surface area contributed by atoms with Crippen molar-refractivity contribution in [3.63, 3.8) is 0 Å². The molecule has 0 spiro atoms. The topological polar surface area (TPSA) is 90.4 Å². The van der Waals surface area contributed by atoms with Gasteiger partial charge >= 0.3 is 5.69 Å². The molecule has 1 aromatic rings. The minimum atomic E-state index is -0.440. The van der Waals surface area contributed by atoms with Gasteiger partial charge in [-0.2, -0.15) is 4.98 Å². The Morgan fingerprint density at radius 2 is 2.44 bits per heavy atom. The van der Waals surface area contributed by atoms with E-state index in [1.54, 1.807) is 6.20 Å². The van der Waals surface area contributed by atoms with E-state index in [9.17, 15) is 4.79 Å². The Morgan fingerprint density at radius 3 is 3.06 bits per heavy atom. The summed E-state index contributed by atoms with van der Waals surface area (Å²) in [6.07, 6.45) is 2.41. The fraction of sp³-hybridized carbons (Fsp3) is 0.556. The third-order valence-corrected chi connectivity index (χ3v) is 3.14. The van der Waals surface area contributed by atoms with Gasteiger partial charge in [-0.1, -0.05) is 0 Å². The molecule has 1 fully saturated rings. The Balaban J connectivity index is 2.28. The quantitative estimate of drug-likeness (QED) is 0.815. The highest BCUT2D eigenvalue weighted by Gasteiger charge is 2.27. The molecular formula is C9H12BrN3O3. The van der Waals surface area contributed by atoms with Crippen molar-refractivity contribution >= 4 is 21.7 Å². The molecular weight excluding hydrogens is 278 g/mol. The van der Waals surface area contributed by atoms with E-state index in [2.05, 4.69) is 20.9 Å². The number of rotatable bonds is 2. The van der Waals surface area contributed by atoms with E-state index in [4.69, 9.17) is 15.6 Å². The molecule has 6 nitrogen and oxygen atoms in total. The van der Waals surface area contributed by atoms with Gasteiger partial charge in [0.2, 0.25) is 0 Å². The molecule has 3 N–H and O–H groups in total. The third kappa shape index (κ3) is 2.11. The second kappa shape index (κ2) is 4.52. The lowest BCUT2D eigenvalue weighted by atomic mass is 10.2. The Hall–Kier alpha value is -0.920. The lowest BCUT2D eigenvalue weighted by Crippen LogP contribution is -2.28. The summed E-state index contributed by atoms with van der Waals surface area (Å²) in [5.41, 5.74) is 5.05. The van der Waals surface area contributed by atoms with Crippen LogP contribution in [0.3, 0.4) is 0 Å². The maximum Gasteiger partial charge on any atom is 0.351 e. The second-order valence-corrected chi connectivity index (χ2v) is 4.49. The number of hydrogen-bond donors (Lipinski definition) is 2. The highest BCUT2D eigenvalue weighted by atomic mass is 79.9. The monoisotopic (exact) mass is 289 g/mol. The van der Waals surface area contributed by atoms with E-state index in [0.29, 0.717) is 10.9 Å². The van der Waals surface area contributed by atoms with Gasteiger partial charge in [0.15, 0.2) is 0 Å². The zero-order chi connectivity index (χ0) is 11.7. The summed E-state index contributed by atoms with van der Waals surface area (Å²) >= 11 is 3.21. The molecule has 2 heterocycles. The first-order valence-corrected chi connectivity index (χ1v) is 5.71. The number of nitrogens with zero attached hydrogens (tertiary/aromatic N) is 2. The maximum absolute atomic E-state index is 11.6. The molecule has 0 saturated carbocycles. The van der Waals surface area contributed by atoms with E-state index in [1.807, 2.05) is 0 Å². The van der Waals surface area contributed by atoms with Crippen LogP contribution in [-0.4, -0.2) is 27.4 Å². The smallest absolute Gasteiger partial charge is 0.351 e. The fourth-order valence-corrected chi connectivity index (χ4v) is 2.00. The zero-order valence-electron chi connectivity index (χ0n) is 8.47. The van der Waals surface area contributed by atoms with E-state index in [1.165, 1.54) is 4.57 Å². The third-order valence-electron chi connectivity index (χ3n) is 2.53. The van der Waals surface area contributed by atoms with Crippen molar-refractivity contribution in [2.24, 2.45) is 0 Å². The van der Waals surface area contributed by atoms with Crippen molar-refractivity contribution in [2.45, 2.75) is 25.2 Å². The van der Waals surface area contributed by atoms with Gasteiger partial charge < -0.3 is 15.6 Å². The Morgan fingerprint density at radius 1 is 1.69 bits per heavy atom. The average Bonchev–Trinajstić information content (AvgIpc) is 2.71. The molecule has 0 amide bonds. The van der Waals surface area contributed by atoms with E-state index in [0.717, 1.165) is 6.42 Å². The average molecular weight is 290 g/mol. The van der Waals surface area contributed by atoms with E-state index >= 15 is 0 Å². The van der Waals surface area contributed by atoms with Crippen LogP contribution < -0.4 is 11.4 Å². The van der Waals surface area contributed by atoms with Crippen LogP contribution in [0.25, 0.3) is 0 Å². The van der Waals surface area contributed by atoms with Crippen LogP contribution in [-0.2, 0) is 4.74 Å². The van der Waals surface area contributed by atoms with Crippen molar-refractivity contribution in [3.8, 4) is 0 Å². The fourth-order valence-electron chi connectivity index (χ4n) is 1.69. The summed E-state index contributed by atoms with van der Waals surface area (Å²) in [5.74, 6) is 0.165. The molecule has 0 radical (unpaired) electrons. The highest BCUT2D eigenvalue weighted by Crippen LogP contribution is 2.27. The van der Waals surface area contributed by atoms with Crippen molar-refractivity contribution in [3.05, 3.63) is 21.2 Å². The van der Waals surface area contributed by atoms with Gasteiger partial charge in [-0.05, 0) is 28.8 Å². The number of aromatic nitrogens is 2. The molecule has 7 heteroatoms. The standard InChI is InChI=1S/C9H12BrN3O3/c10-6-3-13(9(15)12-8(6)11)7-2-1-5(4-14)16-7/h3,5,7,14H,1-2,4H2,(H2,11,12,15). The van der Waals surface area contributed by atoms with Gasteiger partial charge in [0, 0.05) is 6.20 Å². The molecule has 1 aliphatic rings. The molecule has 0 aliphatic carbocycles. The summed E-state index contributed by atoms with van der Waals surface area (Å²) < 4.78 is 7.43. The van der Waals surface area contributed by atoms with Crippen molar-refractivity contribution in [1.29, 1.82) is 0 Å². The molecule has 0 bridgehead atoms.